The van der Waals surface area contributed by atoms with Crippen LogP contribution < -0.4 is 0 Å². The fourth-order valence-electron chi connectivity index (χ4n) is 0.369. The third kappa shape index (κ3) is 7.29. The Labute approximate surface area is 55.8 Å². The molecule has 0 atom stereocenters. The van der Waals surface area contributed by atoms with Crippen molar-refractivity contribution in [3.63, 3.8) is 0 Å². The highest BCUT2D eigenvalue weighted by Crippen LogP contribution is 1.87. The largest absolute Gasteiger partial charge is 0.306 e. The smallest absolute Gasteiger partial charge is 0.204 e. The zero-order valence-electron chi connectivity index (χ0n) is 4.79. The van der Waals surface area contributed by atoms with Crippen molar-refractivity contribution in [3.05, 3.63) is 10.1 Å². The van der Waals surface area contributed by atoms with Crippen LogP contribution >= 0.6 is 0 Å². The standard InChI is InChI=1S/C4H6NO3Si/c6-4(9)2-1-3-5(7)8/h1-3H2. The van der Waals surface area contributed by atoms with Gasteiger partial charge in [-0.25, -0.2) is 0 Å². The van der Waals surface area contributed by atoms with E-state index in [1.165, 1.54) is 0 Å². The third-order valence-electron chi connectivity index (χ3n) is 0.745. The summed E-state index contributed by atoms with van der Waals surface area (Å²) < 4.78 is 0. The molecule has 5 heteroatoms. The highest BCUT2D eigenvalue weighted by atomic mass is 28.1. The van der Waals surface area contributed by atoms with Crippen molar-refractivity contribution in [3.8, 4) is 0 Å². The Morgan fingerprint density at radius 1 is 1.67 bits per heavy atom. The van der Waals surface area contributed by atoms with Gasteiger partial charge in [-0.2, -0.15) is 0 Å². The summed E-state index contributed by atoms with van der Waals surface area (Å²) in [5.41, 5.74) is 0. The van der Waals surface area contributed by atoms with Crippen molar-refractivity contribution in [2.45, 2.75) is 12.8 Å². The summed E-state index contributed by atoms with van der Waals surface area (Å²) in [6.07, 6.45) is 0.549. The van der Waals surface area contributed by atoms with Crippen LogP contribution in [0.4, 0.5) is 0 Å². The first-order valence-corrected chi connectivity index (χ1v) is 2.99. The first-order valence-electron chi connectivity index (χ1n) is 2.49. The number of carbonyl (C=O) groups is 1. The van der Waals surface area contributed by atoms with Crippen LogP contribution in [0.25, 0.3) is 0 Å². The van der Waals surface area contributed by atoms with Gasteiger partial charge in [-0.3, -0.25) is 10.1 Å². The van der Waals surface area contributed by atoms with E-state index in [1.54, 1.807) is 0 Å². The van der Waals surface area contributed by atoms with Crippen LogP contribution in [0.1, 0.15) is 12.8 Å². The van der Waals surface area contributed by atoms with E-state index in [-0.39, 0.29) is 18.4 Å². The Kier molecular flexibility index (Phi) is 3.86. The van der Waals surface area contributed by atoms with Crippen molar-refractivity contribution < 1.29 is 9.72 Å². The number of hydrogen-bond donors (Lipinski definition) is 0. The van der Waals surface area contributed by atoms with Gasteiger partial charge in [0.15, 0.2) is 0 Å². The molecule has 0 heterocycles. The van der Waals surface area contributed by atoms with Gasteiger partial charge in [0.1, 0.15) is 15.6 Å². The SMILES string of the molecule is O=C([Si])CCC[N+](=O)[O-]. The maximum absolute atomic E-state index is 10.1. The van der Waals surface area contributed by atoms with Gasteiger partial charge in [-0.15, -0.1) is 0 Å². The molecule has 0 spiro atoms. The predicted molar refractivity (Wildman–Crippen MR) is 31.9 cm³/mol. The minimum absolute atomic E-state index is 0.129. The second kappa shape index (κ2) is 4.19. The fourth-order valence-corrected chi connectivity index (χ4v) is 0.545. The van der Waals surface area contributed by atoms with Gasteiger partial charge in [-0.05, 0) is 0 Å². The summed E-state index contributed by atoms with van der Waals surface area (Å²) in [6, 6.07) is 0. The maximum Gasteiger partial charge on any atom is 0.204 e. The van der Waals surface area contributed by atoms with Gasteiger partial charge in [0.2, 0.25) is 6.54 Å². The Morgan fingerprint density at radius 3 is 2.56 bits per heavy atom. The molecule has 3 radical (unpaired) electrons. The van der Waals surface area contributed by atoms with Crippen molar-refractivity contribution in [1.82, 2.24) is 0 Å². The Balaban J connectivity index is 3.10. The van der Waals surface area contributed by atoms with E-state index in [4.69, 9.17) is 0 Å². The van der Waals surface area contributed by atoms with Crippen LogP contribution in [-0.2, 0) is 4.79 Å². The van der Waals surface area contributed by atoms with E-state index >= 15 is 0 Å². The summed E-state index contributed by atoms with van der Waals surface area (Å²) in [7, 11) is 2.71. The fraction of sp³-hybridized carbons (Fsp3) is 0.750. The average molecular weight is 144 g/mol. The topological polar surface area (TPSA) is 60.2 Å². The van der Waals surface area contributed by atoms with Crippen LogP contribution in [0, 0.1) is 10.1 Å². The minimum Gasteiger partial charge on any atom is -0.306 e. The molecule has 0 aromatic rings. The van der Waals surface area contributed by atoms with E-state index in [9.17, 15) is 14.9 Å². The lowest BCUT2D eigenvalue weighted by molar-refractivity contribution is -0.480. The summed E-state index contributed by atoms with van der Waals surface area (Å²) >= 11 is 0. The summed E-state index contributed by atoms with van der Waals surface area (Å²) in [5.74, 6) is 0. The van der Waals surface area contributed by atoms with Crippen LogP contribution in [-0.4, -0.2) is 27.1 Å². The van der Waals surface area contributed by atoms with Crippen LogP contribution in [0.2, 0.25) is 0 Å². The van der Waals surface area contributed by atoms with E-state index in [2.05, 4.69) is 10.2 Å². The van der Waals surface area contributed by atoms with Gasteiger partial charge in [0.25, 0.3) is 0 Å². The number of carbonyl (C=O) groups excluding carboxylic acids is 1. The predicted octanol–water partition coefficient (Wildman–Crippen LogP) is -0.262. The molecule has 0 aromatic heterocycles. The number of hydrogen-bond acceptors (Lipinski definition) is 3. The molecule has 0 aliphatic carbocycles. The monoisotopic (exact) mass is 144 g/mol. The molecule has 0 saturated carbocycles. The molecule has 9 heavy (non-hydrogen) atoms. The highest BCUT2D eigenvalue weighted by Gasteiger charge is 1.98. The van der Waals surface area contributed by atoms with Gasteiger partial charge < -0.3 is 4.79 Å². The molecular formula is C4H6NO3Si. The Hall–Kier alpha value is -0.713. The number of nitro groups is 1. The number of rotatable bonds is 4. The third-order valence-corrected chi connectivity index (χ3v) is 0.995. The second-order valence-electron chi connectivity index (χ2n) is 1.58. The molecule has 0 bridgehead atoms. The van der Waals surface area contributed by atoms with Gasteiger partial charge in [0, 0.05) is 17.8 Å². The minimum atomic E-state index is -0.435. The van der Waals surface area contributed by atoms with Crippen molar-refractivity contribution in [1.29, 1.82) is 0 Å². The molecule has 0 fully saturated rings. The zero-order valence-corrected chi connectivity index (χ0v) is 5.79. The van der Waals surface area contributed by atoms with Crippen molar-refractivity contribution in [2.24, 2.45) is 0 Å². The summed E-state index contributed by atoms with van der Waals surface area (Å²) in [6.45, 7) is -0.129. The molecule has 4 nitrogen and oxygen atoms in total. The van der Waals surface area contributed by atoms with E-state index < -0.39 is 4.92 Å². The average Bonchev–Trinajstić information content (AvgIpc) is 1.63. The van der Waals surface area contributed by atoms with E-state index in [0.29, 0.717) is 6.42 Å². The Bertz CT molecular complexity index is 111. The van der Waals surface area contributed by atoms with Crippen molar-refractivity contribution >= 4 is 15.6 Å². The Morgan fingerprint density at radius 2 is 2.22 bits per heavy atom. The van der Waals surface area contributed by atoms with Gasteiger partial charge >= 0.3 is 0 Å². The van der Waals surface area contributed by atoms with E-state index in [0.717, 1.165) is 0 Å². The lowest BCUT2D eigenvalue weighted by Gasteiger charge is -1.88. The van der Waals surface area contributed by atoms with E-state index in [1.807, 2.05) is 0 Å². The first-order chi connectivity index (χ1) is 4.13. The van der Waals surface area contributed by atoms with Crippen molar-refractivity contribution in [2.75, 3.05) is 6.54 Å². The first kappa shape index (κ1) is 8.29. The molecule has 0 aliphatic heterocycles. The molecular weight excluding hydrogens is 138 g/mol. The van der Waals surface area contributed by atoms with Gasteiger partial charge in [0.05, 0.1) is 0 Å². The lowest BCUT2D eigenvalue weighted by atomic mass is 10.3. The molecule has 0 saturated heterocycles. The maximum atomic E-state index is 10.1. The molecule has 0 N–H and O–H groups in total. The second-order valence-corrected chi connectivity index (χ2v) is 2.14. The normalized spacial score (nSPS) is 9.00. The molecule has 0 amide bonds. The van der Waals surface area contributed by atoms with Gasteiger partial charge in [-0.1, -0.05) is 0 Å². The van der Waals surface area contributed by atoms with Crippen LogP contribution in [0.5, 0.6) is 0 Å². The highest BCUT2D eigenvalue weighted by molar-refractivity contribution is 6.57. The summed E-state index contributed by atoms with van der Waals surface area (Å²) in [4.78, 5) is 19.3. The molecule has 0 rings (SSSR count). The zero-order chi connectivity index (χ0) is 7.28. The number of nitrogens with zero attached hydrogens (tertiary/aromatic N) is 1. The summed E-state index contributed by atoms with van der Waals surface area (Å²) in [5, 5.41) is 9.48. The molecule has 0 unspecified atom stereocenters. The molecule has 0 aromatic carbocycles. The van der Waals surface area contributed by atoms with Crippen LogP contribution in [0.3, 0.4) is 0 Å². The molecule has 49 valence electrons. The lowest BCUT2D eigenvalue weighted by Crippen LogP contribution is -2.04. The molecule has 0 aliphatic rings. The van der Waals surface area contributed by atoms with Crippen LogP contribution in [0.15, 0.2) is 0 Å². The quantitative estimate of drug-likeness (QED) is 0.310.